The van der Waals surface area contributed by atoms with Crippen LogP contribution in [-0.2, 0) is 0 Å². The van der Waals surface area contributed by atoms with Gasteiger partial charge in [0.15, 0.2) is 53.3 Å². The summed E-state index contributed by atoms with van der Waals surface area (Å²) in [5.74, 6) is 0. The van der Waals surface area contributed by atoms with Crippen molar-refractivity contribution in [3.8, 4) is 0 Å². The first kappa shape index (κ1) is 24.1. The molecule has 3 aliphatic rings. The Morgan fingerprint density at radius 1 is 0.500 bits per heavy atom. The molecule has 4 atom stereocenters. The molecule has 3 aliphatic heterocycles. The lowest BCUT2D eigenvalue weighted by Crippen LogP contribution is -3.08. The van der Waals surface area contributed by atoms with Crippen molar-refractivity contribution in [1.29, 1.82) is 0 Å². The molecule has 3 saturated heterocycles. The fraction of sp³-hybridized carbons (Fsp3) is 1.00. The van der Waals surface area contributed by atoms with Crippen LogP contribution in [0.3, 0.4) is 0 Å². The lowest BCUT2D eigenvalue weighted by molar-refractivity contribution is 0.555. The second-order valence-corrected chi connectivity index (χ2v) is 40.7. The van der Waals surface area contributed by atoms with Crippen molar-refractivity contribution in [3.63, 3.8) is 0 Å². The molecule has 4 unspecified atom stereocenters. The van der Waals surface area contributed by atoms with Crippen LogP contribution in [0, 0.1) is 0 Å². The van der Waals surface area contributed by atoms with Crippen LogP contribution in [0.4, 0.5) is 0 Å². The van der Waals surface area contributed by atoms with Gasteiger partial charge < -0.3 is 34.8 Å². The van der Waals surface area contributed by atoms with Gasteiger partial charge in [0, 0.05) is 0 Å². The highest BCUT2D eigenvalue weighted by atomic mass is 28.6. The molecule has 0 aromatic rings. The first-order valence-corrected chi connectivity index (χ1v) is 30.4. The van der Waals surface area contributed by atoms with Crippen molar-refractivity contribution >= 4 is 70.4 Å². The molecular formula is C12H44N8Si8. The minimum absolute atomic E-state index is 1.15. The molecule has 8 nitrogen and oxygen atoms in total. The number of nitrogens with one attached hydrogen (secondary N) is 4. The van der Waals surface area contributed by atoms with E-state index in [1.165, 1.54) is 0 Å². The van der Waals surface area contributed by atoms with E-state index < -0.39 is 70.4 Å². The molecule has 0 aromatic carbocycles. The molecule has 0 aliphatic carbocycles. The molecule has 0 radical (unpaired) electrons. The quantitative estimate of drug-likeness (QED) is 0.295. The van der Waals surface area contributed by atoms with Crippen LogP contribution in [0.2, 0.25) is 65.5 Å². The predicted octanol–water partition coefficient (Wildman–Crippen LogP) is -1.20. The van der Waals surface area contributed by atoms with Crippen LogP contribution in [0.5, 0.6) is 0 Å². The summed E-state index contributed by atoms with van der Waals surface area (Å²) >= 11 is 0. The molecule has 0 spiro atoms. The van der Waals surface area contributed by atoms with Crippen LogP contribution < -0.4 is 18.6 Å². The molecule has 3 heterocycles. The van der Waals surface area contributed by atoms with Crippen molar-refractivity contribution in [2.75, 3.05) is 14.1 Å². The normalized spacial score (nSPS) is 48.4. The monoisotopic (exact) mass is 524 g/mol. The zero-order valence-corrected chi connectivity index (χ0v) is 28.7. The molecule has 0 saturated carbocycles. The van der Waals surface area contributed by atoms with Crippen LogP contribution >= 0.6 is 0 Å². The first-order chi connectivity index (χ1) is 12.6. The smallest absolute Gasteiger partial charge is 0.256 e. The largest absolute Gasteiger partial charge is 0.339 e. The van der Waals surface area contributed by atoms with Gasteiger partial charge in [-0.05, 0) is 79.6 Å². The fourth-order valence-corrected chi connectivity index (χ4v) is 68.3. The van der Waals surface area contributed by atoms with E-state index in [-0.39, 0.29) is 0 Å². The second kappa shape index (κ2) is 7.49. The van der Waals surface area contributed by atoms with Crippen molar-refractivity contribution in [3.05, 3.63) is 0 Å². The van der Waals surface area contributed by atoms with E-state index in [2.05, 4.69) is 114 Å². The van der Waals surface area contributed by atoms with Gasteiger partial charge in [0.2, 0.25) is 0 Å². The topological polar surface area (TPSA) is 61.1 Å². The Morgan fingerprint density at radius 2 is 0.786 bits per heavy atom. The van der Waals surface area contributed by atoms with E-state index in [0.29, 0.717) is 0 Å². The number of hydrogen-bond acceptors (Lipinski definition) is 8. The Morgan fingerprint density at radius 3 is 1.07 bits per heavy atom. The lowest BCUT2D eigenvalue weighted by Gasteiger charge is -2.75. The summed E-state index contributed by atoms with van der Waals surface area (Å²) in [6.07, 6.45) is 0. The molecule has 4 N–H and O–H groups in total. The minimum Gasteiger partial charge on any atom is -0.339 e. The van der Waals surface area contributed by atoms with Crippen LogP contribution in [0.15, 0.2) is 0 Å². The van der Waals surface area contributed by atoms with E-state index in [1.807, 2.05) is 0 Å². The van der Waals surface area contributed by atoms with Crippen LogP contribution in [-0.4, -0.2) is 101 Å². The highest BCUT2D eigenvalue weighted by molar-refractivity contribution is 7.20. The average molecular weight is 525 g/mol. The van der Waals surface area contributed by atoms with Crippen LogP contribution in [0.25, 0.3) is 0 Å². The molecule has 16 heteroatoms. The summed E-state index contributed by atoms with van der Waals surface area (Å²) in [6.45, 7) is 25.5. The van der Waals surface area contributed by atoms with Gasteiger partial charge in [0.05, 0.1) is 0 Å². The molecule has 0 amide bonds. The first-order valence-electron chi connectivity index (χ1n) is 10.7. The van der Waals surface area contributed by atoms with Gasteiger partial charge in [-0.3, -0.25) is 0 Å². The van der Waals surface area contributed by atoms with Gasteiger partial charge in [0.25, 0.3) is 17.1 Å². The summed E-state index contributed by atoms with van der Waals surface area (Å²) in [5, 5.41) is 0. The van der Waals surface area contributed by atoms with E-state index in [0.717, 1.165) is 0 Å². The summed E-state index contributed by atoms with van der Waals surface area (Å²) in [5.41, 5.74) is 0. The summed E-state index contributed by atoms with van der Waals surface area (Å²) < 4.78 is 29.1. The molecule has 28 heavy (non-hydrogen) atoms. The summed E-state index contributed by atoms with van der Waals surface area (Å²) in [4.78, 5) is 0. The Labute approximate surface area is 184 Å². The van der Waals surface area contributed by atoms with Crippen molar-refractivity contribution in [1.82, 2.24) is 34.8 Å². The van der Waals surface area contributed by atoms with E-state index >= 15 is 0 Å². The number of fused-ring (bicyclic) bond motifs is 4. The highest BCUT2D eigenvalue weighted by Crippen LogP contribution is 2.39. The Bertz CT molecular complexity index is 564. The Hall–Kier alpha value is 1.42. The van der Waals surface area contributed by atoms with Gasteiger partial charge >= 0.3 is 0 Å². The zero-order valence-electron chi connectivity index (χ0n) is 20.1. The zero-order chi connectivity index (χ0) is 21.4. The number of rotatable bonds is 0. The van der Waals surface area contributed by atoms with Crippen LogP contribution in [0.1, 0.15) is 0 Å². The minimum atomic E-state index is -1.81. The van der Waals surface area contributed by atoms with Crippen molar-refractivity contribution < 1.29 is 0 Å². The molecule has 3 fully saturated rings. The molecule has 0 bridgehead atoms. The number of nitrogens with zero attached hydrogens (tertiary/aromatic N) is 4. The maximum atomic E-state index is 4.38. The van der Waals surface area contributed by atoms with Gasteiger partial charge in [-0.25, -0.2) is 0 Å². The third-order valence-electron chi connectivity index (χ3n) is 7.67. The fourth-order valence-electron chi connectivity index (χ4n) is 6.13. The van der Waals surface area contributed by atoms with Crippen molar-refractivity contribution in [2.45, 2.75) is 65.5 Å². The van der Waals surface area contributed by atoms with E-state index in [4.69, 9.17) is 0 Å². The average Bonchev–Trinajstić information content (AvgIpc) is 2.49. The second-order valence-electron chi connectivity index (χ2n) is 10.4. The van der Waals surface area contributed by atoms with Gasteiger partial charge in [-0.15, -0.1) is 0 Å². The third-order valence-corrected chi connectivity index (χ3v) is 57.6. The molecule has 164 valence electrons. The molecule has 3 rings (SSSR count). The third kappa shape index (κ3) is 3.55. The lowest BCUT2D eigenvalue weighted by atomic mass is 11.6. The standard InChI is InChI=1S/C12H44N8Si8/c1-17-21(3)15-27(11)19(23(5)13-25(17,7)8)28(12)16-22(4)18(2)26(9,10)14-24(6)20(27)28/h13-16,21-24H,1-12H3. The SMILES string of the molecule is CN1[SiH](C)N[Si]2(C)N([SiH](C)N[Si]1(C)C)[Si]1(C)N[SiH](C)N(C)[Si](C)(C)N[SiH](C)N21. The van der Waals surface area contributed by atoms with E-state index in [1.54, 1.807) is 0 Å². The maximum Gasteiger partial charge on any atom is 0.256 e. The predicted molar refractivity (Wildman–Crippen MR) is 142 cm³/mol. The van der Waals surface area contributed by atoms with Gasteiger partial charge in [-0.1, -0.05) is 0 Å². The summed E-state index contributed by atoms with van der Waals surface area (Å²) in [7, 11) is -6.67. The highest BCUT2D eigenvalue weighted by Gasteiger charge is 2.72. The van der Waals surface area contributed by atoms with Gasteiger partial charge in [-0.2, -0.15) is 0 Å². The molecular weight excluding hydrogens is 481 g/mol. The Kier molecular flexibility index (Phi) is 6.43. The van der Waals surface area contributed by atoms with E-state index in [9.17, 15) is 0 Å². The summed E-state index contributed by atoms with van der Waals surface area (Å²) in [6, 6.07) is 0. The Balaban J connectivity index is 2.05. The maximum absolute atomic E-state index is 4.38. The van der Waals surface area contributed by atoms with Crippen molar-refractivity contribution in [2.24, 2.45) is 0 Å². The number of hydrogen-bond donors (Lipinski definition) is 4. The molecule has 0 aromatic heterocycles. The van der Waals surface area contributed by atoms with Gasteiger partial charge in [0.1, 0.15) is 0 Å².